The zero-order chi connectivity index (χ0) is 32.9. The molecule has 13 heteroatoms. The Hall–Kier alpha value is -3.77. The van der Waals surface area contributed by atoms with Crippen molar-refractivity contribution in [2.45, 2.75) is 57.7 Å². The fourth-order valence-corrected chi connectivity index (χ4v) is 5.36. The summed E-state index contributed by atoms with van der Waals surface area (Å²) in [6.45, 7) is 4.77. The van der Waals surface area contributed by atoms with Crippen LogP contribution in [0.3, 0.4) is 0 Å². The van der Waals surface area contributed by atoms with Gasteiger partial charge in [-0.2, -0.15) is 39.5 Å². The molecule has 44 heavy (non-hydrogen) atoms. The second-order valence-electron chi connectivity index (χ2n) is 11.0. The van der Waals surface area contributed by atoms with Gasteiger partial charge >= 0.3 is 24.5 Å². The molecule has 1 aliphatic heterocycles. The largest absolute Gasteiger partial charge is 0.496 e. The Morgan fingerprint density at radius 3 is 1.86 bits per heavy atom. The van der Waals surface area contributed by atoms with Crippen LogP contribution in [0.1, 0.15) is 66.2 Å². The van der Waals surface area contributed by atoms with Gasteiger partial charge in [-0.1, -0.05) is 26.8 Å². The summed E-state index contributed by atoms with van der Waals surface area (Å²) in [5, 5.41) is 0. The Labute approximate surface area is 245 Å². The summed E-state index contributed by atoms with van der Waals surface area (Å²) in [6, 6.07) is 6.11. The summed E-state index contributed by atoms with van der Waals surface area (Å²) < 4.78 is 147. The van der Waals surface area contributed by atoms with Crippen molar-refractivity contribution in [3.05, 3.63) is 87.7 Å². The number of hydrogen-bond donors (Lipinski definition) is 0. The van der Waals surface area contributed by atoms with Gasteiger partial charge in [-0.15, -0.1) is 0 Å². The standard InChI is InChI=1S/C31H26F10O3/c1-14(2)22-12-24(26(43-4)13-25(22)32)21-6-5-18(29(33,34)35)7-16(21)10-23-15(3)27(44-28(23)42)17-8-19(30(36,37)38)11-20(9-17)31(39,40)41/h5-9,11-15,23,27H,10H2,1-4H3/t15-,23?,27+/m1/s1. The predicted octanol–water partition coefficient (Wildman–Crippen LogP) is 9.77. The molecule has 238 valence electrons. The van der Waals surface area contributed by atoms with Gasteiger partial charge in [-0.25, -0.2) is 4.39 Å². The van der Waals surface area contributed by atoms with Gasteiger partial charge in [0.25, 0.3) is 0 Å². The summed E-state index contributed by atoms with van der Waals surface area (Å²) in [5.74, 6) is -4.23. The van der Waals surface area contributed by atoms with Gasteiger partial charge < -0.3 is 9.47 Å². The molecule has 1 heterocycles. The quantitative estimate of drug-likeness (QED) is 0.200. The number of esters is 1. The molecule has 3 aromatic rings. The number of methoxy groups -OCH3 is 1. The van der Waals surface area contributed by atoms with Crippen molar-refractivity contribution in [2.75, 3.05) is 7.11 Å². The summed E-state index contributed by atoms with van der Waals surface area (Å²) in [4.78, 5) is 13.0. The molecule has 1 saturated heterocycles. The normalized spacial score (nSPS) is 19.4. The van der Waals surface area contributed by atoms with E-state index in [1.54, 1.807) is 13.8 Å². The van der Waals surface area contributed by atoms with Crippen LogP contribution in [0.25, 0.3) is 11.1 Å². The third kappa shape index (κ3) is 6.66. The molecule has 1 fully saturated rings. The maximum Gasteiger partial charge on any atom is 0.416 e. The second kappa shape index (κ2) is 11.6. The van der Waals surface area contributed by atoms with E-state index in [-0.39, 0.29) is 40.0 Å². The van der Waals surface area contributed by atoms with E-state index in [9.17, 15) is 48.7 Å². The number of alkyl halides is 9. The minimum absolute atomic E-state index is 0.00326. The van der Waals surface area contributed by atoms with Crippen LogP contribution in [0, 0.1) is 17.7 Å². The van der Waals surface area contributed by atoms with E-state index < -0.39 is 76.9 Å². The Morgan fingerprint density at radius 1 is 0.795 bits per heavy atom. The van der Waals surface area contributed by atoms with Crippen LogP contribution in [0.2, 0.25) is 0 Å². The Kier molecular flexibility index (Phi) is 8.75. The number of rotatable bonds is 6. The fourth-order valence-electron chi connectivity index (χ4n) is 5.36. The zero-order valence-corrected chi connectivity index (χ0v) is 23.6. The molecule has 0 aromatic heterocycles. The molecule has 0 radical (unpaired) electrons. The molecule has 3 aromatic carbocycles. The van der Waals surface area contributed by atoms with Crippen LogP contribution in [0.4, 0.5) is 43.9 Å². The van der Waals surface area contributed by atoms with Crippen LogP contribution in [0.15, 0.2) is 48.5 Å². The van der Waals surface area contributed by atoms with Gasteiger partial charge in [0.05, 0.1) is 29.7 Å². The first-order valence-electron chi connectivity index (χ1n) is 13.3. The summed E-state index contributed by atoms with van der Waals surface area (Å²) in [7, 11) is 1.24. The SMILES string of the molecule is COc1cc(F)c(C(C)C)cc1-c1ccc(C(F)(F)F)cc1CC1C(=O)O[C@H](c2cc(C(F)(F)F)cc(C(F)(F)F)c2)[C@@H]1C. The lowest BCUT2D eigenvalue weighted by Crippen LogP contribution is -2.19. The molecule has 0 saturated carbocycles. The van der Waals surface area contributed by atoms with Crippen LogP contribution in [0.5, 0.6) is 5.75 Å². The number of carbonyl (C=O) groups excluding carboxylic acids is 1. The van der Waals surface area contributed by atoms with Gasteiger partial charge in [0.1, 0.15) is 17.7 Å². The van der Waals surface area contributed by atoms with Gasteiger partial charge in [0, 0.05) is 17.5 Å². The smallest absolute Gasteiger partial charge is 0.416 e. The van der Waals surface area contributed by atoms with E-state index in [4.69, 9.17) is 9.47 Å². The van der Waals surface area contributed by atoms with Crippen LogP contribution >= 0.6 is 0 Å². The molecule has 0 spiro atoms. The Morgan fingerprint density at radius 2 is 1.36 bits per heavy atom. The molecule has 3 atom stereocenters. The van der Waals surface area contributed by atoms with E-state index in [0.717, 1.165) is 24.3 Å². The lowest BCUT2D eigenvalue weighted by molar-refractivity contribution is -0.144. The summed E-state index contributed by atoms with van der Waals surface area (Å²) >= 11 is 0. The molecule has 0 bridgehead atoms. The highest BCUT2D eigenvalue weighted by molar-refractivity contribution is 5.79. The van der Waals surface area contributed by atoms with Crippen molar-refractivity contribution >= 4 is 5.97 Å². The molecule has 0 N–H and O–H groups in total. The molecule has 1 aliphatic rings. The lowest BCUT2D eigenvalue weighted by Gasteiger charge is -2.22. The average Bonchev–Trinajstić information content (AvgIpc) is 3.19. The number of halogens is 10. The highest BCUT2D eigenvalue weighted by Gasteiger charge is 2.45. The van der Waals surface area contributed by atoms with Gasteiger partial charge in [-0.05, 0) is 71.0 Å². The van der Waals surface area contributed by atoms with E-state index in [0.29, 0.717) is 12.1 Å². The van der Waals surface area contributed by atoms with Gasteiger partial charge in [0.15, 0.2) is 0 Å². The topological polar surface area (TPSA) is 35.5 Å². The third-order valence-corrected chi connectivity index (χ3v) is 7.70. The maximum atomic E-state index is 14.7. The Bertz CT molecular complexity index is 1520. The number of hydrogen-bond acceptors (Lipinski definition) is 3. The second-order valence-corrected chi connectivity index (χ2v) is 11.0. The minimum Gasteiger partial charge on any atom is -0.496 e. The molecular formula is C31H26F10O3. The van der Waals surface area contributed by atoms with E-state index in [1.807, 2.05) is 0 Å². The number of ether oxygens (including phenoxy) is 2. The molecule has 4 rings (SSSR count). The van der Waals surface area contributed by atoms with Crippen LogP contribution in [-0.4, -0.2) is 13.1 Å². The number of cyclic esters (lactones) is 1. The first-order valence-corrected chi connectivity index (χ1v) is 13.3. The third-order valence-electron chi connectivity index (χ3n) is 7.70. The maximum absolute atomic E-state index is 14.7. The molecule has 0 amide bonds. The fraction of sp³-hybridized carbons (Fsp3) is 0.387. The average molecular weight is 637 g/mol. The van der Waals surface area contributed by atoms with Crippen molar-refractivity contribution < 1.29 is 58.2 Å². The van der Waals surface area contributed by atoms with E-state index in [2.05, 4.69) is 0 Å². The van der Waals surface area contributed by atoms with Crippen molar-refractivity contribution in [1.29, 1.82) is 0 Å². The monoisotopic (exact) mass is 636 g/mol. The van der Waals surface area contributed by atoms with Crippen molar-refractivity contribution in [3.63, 3.8) is 0 Å². The van der Waals surface area contributed by atoms with Crippen LogP contribution in [-0.2, 0) is 34.5 Å². The van der Waals surface area contributed by atoms with E-state index >= 15 is 0 Å². The van der Waals surface area contributed by atoms with Crippen LogP contribution < -0.4 is 4.74 Å². The lowest BCUT2D eigenvalue weighted by atomic mass is 9.81. The van der Waals surface area contributed by atoms with Crippen molar-refractivity contribution in [1.82, 2.24) is 0 Å². The first kappa shape index (κ1) is 33.1. The van der Waals surface area contributed by atoms with Crippen molar-refractivity contribution in [2.24, 2.45) is 11.8 Å². The van der Waals surface area contributed by atoms with Gasteiger partial charge in [0.2, 0.25) is 0 Å². The van der Waals surface area contributed by atoms with Crippen molar-refractivity contribution in [3.8, 4) is 16.9 Å². The zero-order valence-electron chi connectivity index (χ0n) is 23.6. The van der Waals surface area contributed by atoms with Gasteiger partial charge in [-0.3, -0.25) is 4.79 Å². The number of benzene rings is 3. The molecule has 0 aliphatic carbocycles. The minimum atomic E-state index is -5.14. The molecule has 3 nitrogen and oxygen atoms in total. The van der Waals surface area contributed by atoms with E-state index in [1.165, 1.54) is 20.1 Å². The molecule has 1 unspecified atom stereocenters. The highest BCUT2D eigenvalue weighted by Crippen LogP contribution is 2.46. The first-order chi connectivity index (χ1) is 20.2. The summed E-state index contributed by atoms with van der Waals surface area (Å²) in [6.07, 6.45) is -17.0. The highest BCUT2D eigenvalue weighted by atomic mass is 19.4. The number of carbonyl (C=O) groups is 1. The Balaban J connectivity index is 1.81. The predicted molar refractivity (Wildman–Crippen MR) is 139 cm³/mol. The molecular weight excluding hydrogens is 610 g/mol. The summed E-state index contributed by atoms with van der Waals surface area (Å²) in [5.41, 5.74) is -4.22.